The summed E-state index contributed by atoms with van der Waals surface area (Å²) in [6.45, 7) is 1.66. The molecule has 1 aliphatic rings. The first-order chi connectivity index (χ1) is 5.04. The van der Waals surface area contributed by atoms with Crippen molar-refractivity contribution in [1.29, 1.82) is 0 Å². The van der Waals surface area contributed by atoms with Crippen LogP contribution in [0, 0.1) is 5.41 Å². The van der Waals surface area contributed by atoms with Gasteiger partial charge in [0.15, 0.2) is 9.84 Å². The molecule has 0 heterocycles. The molecule has 11 heavy (non-hydrogen) atoms. The molecule has 0 amide bonds. The second kappa shape index (κ2) is 2.75. The minimum atomic E-state index is -2.89. The summed E-state index contributed by atoms with van der Waals surface area (Å²) in [4.78, 5) is 0. The Morgan fingerprint density at radius 2 is 2.00 bits per heavy atom. The number of rotatable bonds is 4. The summed E-state index contributed by atoms with van der Waals surface area (Å²) in [7, 11) is -2.89. The Kier molecular flexibility index (Phi) is 2.25. The molecular formula is C7H14O3S. The number of hydrogen-bond donors (Lipinski definition) is 1. The van der Waals surface area contributed by atoms with Gasteiger partial charge in [0.2, 0.25) is 0 Å². The van der Waals surface area contributed by atoms with Crippen molar-refractivity contribution in [2.45, 2.75) is 19.8 Å². The molecule has 66 valence electrons. The van der Waals surface area contributed by atoms with E-state index in [0.29, 0.717) is 0 Å². The molecule has 0 bridgehead atoms. The monoisotopic (exact) mass is 178 g/mol. The number of sulfone groups is 1. The smallest absolute Gasteiger partial charge is 0.150 e. The van der Waals surface area contributed by atoms with Crippen molar-refractivity contribution in [3.63, 3.8) is 0 Å². The molecule has 1 aliphatic carbocycles. The van der Waals surface area contributed by atoms with Gasteiger partial charge in [0.25, 0.3) is 0 Å². The molecule has 1 saturated carbocycles. The molecule has 0 spiro atoms. The third-order valence-electron chi connectivity index (χ3n) is 2.26. The topological polar surface area (TPSA) is 54.4 Å². The third-order valence-corrected chi connectivity index (χ3v) is 4.19. The van der Waals surface area contributed by atoms with Crippen molar-refractivity contribution in [1.82, 2.24) is 0 Å². The fourth-order valence-corrected chi connectivity index (χ4v) is 2.61. The Bertz CT molecular complexity index is 226. The van der Waals surface area contributed by atoms with E-state index in [9.17, 15) is 8.42 Å². The van der Waals surface area contributed by atoms with E-state index in [4.69, 9.17) is 5.11 Å². The molecule has 0 atom stereocenters. The molecule has 0 aromatic carbocycles. The van der Waals surface area contributed by atoms with E-state index < -0.39 is 9.84 Å². The Morgan fingerprint density at radius 3 is 2.27 bits per heavy atom. The highest BCUT2D eigenvalue weighted by Crippen LogP contribution is 2.46. The summed E-state index contributed by atoms with van der Waals surface area (Å²) in [6, 6.07) is 0. The fraction of sp³-hybridized carbons (Fsp3) is 1.00. The summed E-state index contributed by atoms with van der Waals surface area (Å²) in [5.41, 5.74) is -0.255. The van der Waals surface area contributed by atoms with Crippen LogP contribution in [0.3, 0.4) is 0 Å². The van der Waals surface area contributed by atoms with E-state index in [1.165, 1.54) is 0 Å². The lowest BCUT2D eigenvalue weighted by Gasteiger charge is -2.09. The summed E-state index contributed by atoms with van der Waals surface area (Å²) >= 11 is 0. The van der Waals surface area contributed by atoms with Crippen LogP contribution in [0.15, 0.2) is 0 Å². The van der Waals surface area contributed by atoms with Crippen LogP contribution in [0.1, 0.15) is 19.8 Å². The van der Waals surface area contributed by atoms with Gasteiger partial charge in [0.05, 0.1) is 5.75 Å². The molecule has 1 fully saturated rings. The lowest BCUT2D eigenvalue weighted by molar-refractivity contribution is 0.226. The van der Waals surface area contributed by atoms with Crippen molar-refractivity contribution < 1.29 is 13.5 Å². The standard InChI is InChI=1S/C7H14O3S/c1-2-11(9,10)6-7(5-8)3-4-7/h8H,2-6H2,1H3. The second-order valence-electron chi connectivity index (χ2n) is 3.33. The van der Waals surface area contributed by atoms with Crippen LogP contribution in [0.4, 0.5) is 0 Å². The van der Waals surface area contributed by atoms with Crippen LogP contribution in [-0.4, -0.2) is 31.6 Å². The first kappa shape index (κ1) is 9.00. The van der Waals surface area contributed by atoms with Crippen LogP contribution in [0.2, 0.25) is 0 Å². The zero-order valence-electron chi connectivity index (χ0n) is 6.71. The minimum absolute atomic E-state index is 0.0201. The van der Waals surface area contributed by atoms with Crippen LogP contribution in [-0.2, 0) is 9.84 Å². The SMILES string of the molecule is CCS(=O)(=O)CC1(CO)CC1. The Morgan fingerprint density at radius 1 is 1.45 bits per heavy atom. The predicted octanol–water partition coefficient (Wildman–Crippen LogP) is 0.194. The molecule has 0 saturated heterocycles. The average Bonchev–Trinajstić information content (AvgIpc) is 2.69. The molecule has 1 rings (SSSR count). The van der Waals surface area contributed by atoms with Crippen LogP contribution < -0.4 is 0 Å². The van der Waals surface area contributed by atoms with E-state index in [2.05, 4.69) is 0 Å². The maximum Gasteiger partial charge on any atom is 0.150 e. The molecule has 0 aromatic rings. The molecule has 0 unspecified atom stereocenters. The highest BCUT2D eigenvalue weighted by molar-refractivity contribution is 7.91. The highest BCUT2D eigenvalue weighted by Gasteiger charge is 2.45. The summed E-state index contributed by atoms with van der Waals surface area (Å²) < 4.78 is 22.2. The molecule has 0 aliphatic heterocycles. The van der Waals surface area contributed by atoms with Crippen molar-refractivity contribution in [3.05, 3.63) is 0 Å². The molecule has 0 radical (unpaired) electrons. The first-order valence-electron chi connectivity index (χ1n) is 3.85. The first-order valence-corrected chi connectivity index (χ1v) is 5.67. The van der Waals surface area contributed by atoms with Crippen molar-refractivity contribution in [2.75, 3.05) is 18.1 Å². The number of aliphatic hydroxyl groups excluding tert-OH is 1. The van der Waals surface area contributed by atoms with Gasteiger partial charge >= 0.3 is 0 Å². The maximum absolute atomic E-state index is 11.1. The van der Waals surface area contributed by atoms with Crippen molar-refractivity contribution in [2.24, 2.45) is 5.41 Å². The van der Waals surface area contributed by atoms with Gasteiger partial charge in [-0.1, -0.05) is 6.92 Å². The second-order valence-corrected chi connectivity index (χ2v) is 5.69. The van der Waals surface area contributed by atoms with Gasteiger partial charge in [-0.3, -0.25) is 0 Å². The lowest BCUT2D eigenvalue weighted by Crippen LogP contribution is -2.21. The maximum atomic E-state index is 11.1. The zero-order chi connectivity index (χ0) is 8.54. The molecule has 4 heteroatoms. The van der Waals surface area contributed by atoms with E-state index in [-0.39, 0.29) is 23.5 Å². The Balaban J connectivity index is 2.55. The largest absolute Gasteiger partial charge is 0.396 e. The van der Waals surface area contributed by atoms with Gasteiger partial charge < -0.3 is 5.11 Å². The molecular weight excluding hydrogens is 164 g/mol. The molecule has 0 aromatic heterocycles. The van der Waals surface area contributed by atoms with E-state index >= 15 is 0 Å². The quantitative estimate of drug-likeness (QED) is 0.668. The minimum Gasteiger partial charge on any atom is -0.396 e. The fourth-order valence-electron chi connectivity index (χ4n) is 1.09. The van der Waals surface area contributed by atoms with Gasteiger partial charge in [0, 0.05) is 17.8 Å². The van der Waals surface area contributed by atoms with E-state index in [1.807, 2.05) is 0 Å². The van der Waals surface area contributed by atoms with E-state index in [0.717, 1.165) is 12.8 Å². The van der Waals surface area contributed by atoms with Gasteiger partial charge in [-0.2, -0.15) is 0 Å². The van der Waals surface area contributed by atoms with Crippen LogP contribution in [0.25, 0.3) is 0 Å². The van der Waals surface area contributed by atoms with Crippen molar-refractivity contribution in [3.8, 4) is 0 Å². The normalized spacial score (nSPS) is 21.6. The predicted molar refractivity (Wildman–Crippen MR) is 43.1 cm³/mol. The summed E-state index contributed by atoms with van der Waals surface area (Å²) in [5, 5.41) is 8.85. The lowest BCUT2D eigenvalue weighted by atomic mass is 10.2. The Labute approximate surface area is 67.3 Å². The average molecular weight is 178 g/mol. The number of hydrogen-bond acceptors (Lipinski definition) is 3. The molecule has 3 nitrogen and oxygen atoms in total. The van der Waals surface area contributed by atoms with Crippen molar-refractivity contribution >= 4 is 9.84 Å². The zero-order valence-corrected chi connectivity index (χ0v) is 7.52. The Hall–Kier alpha value is -0.0900. The molecule has 1 N–H and O–H groups in total. The highest BCUT2D eigenvalue weighted by atomic mass is 32.2. The van der Waals surface area contributed by atoms with Crippen LogP contribution in [0.5, 0.6) is 0 Å². The third kappa shape index (κ3) is 2.17. The van der Waals surface area contributed by atoms with Crippen LogP contribution >= 0.6 is 0 Å². The van der Waals surface area contributed by atoms with Gasteiger partial charge in [-0.15, -0.1) is 0 Å². The van der Waals surface area contributed by atoms with E-state index in [1.54, 1.807) is 6.92 Å². The summed E-state index contributed by atoms with van der Waals surface area (Å²) in [6.07, 6.45) is 1.73. The number of aliphatic hydroxyl groups is 1. The summed E-state index contributed by atoms with van der Waals surface area (Å²) in [5.74, 6) is 0.363. The van der Waals surface area contributed by atoms with Gasteiger partial charge in [-0.25, -0.2) is 8.42 Å². The van der Waals surface area contributed by atoms with Gasteiger partial charge in [-0.05, 0) is 12.8 Å². The van der Waals surface area contributed by atoms with Gasteiger partial charge in [0.1, 0.15) is 0 Å².